The van der Waals surface area contributed by atoms with E-state index in [1.54, 1.807) is 0 Å². The quantitative estimate of drug-likeness (QED) is 0.657. The molecule has 12 heavy (non-hydrogen) atoms. The Bertz CT molecular complexity index is 269. The highest BCUT2D eigenvalue weighted by Crippen LogP contribution is 2.19. The van der Waals surface area contributed by atoms with Gasteiger partial charge in [-0.3, -0.25) is 0 Å². The summed E-state index contributed by atoms with van der Waals surface area (Å²) < 4.78 is 0. The Labute approximate surface area is 73.6 Å². The van der Waals surface area contributed by atoms with Crippen molar-refractivity contribution in [2.75, 3.05) is 5.73 Å². The van der Waals surface area contributed by atoms with Gasteiger partial charge in [-0.25, -0.2) is 0 Å². The molecule has 0 aliphatic heterocycles. The number of hydrogen-bond donors (Lipinski definition) is 2. The molecule has 0 saturated carbocycles. The fourth-order valence-electron chi connectivity index (χ4n) is 1.13. The minimum absolute atomic E-state index is 0.118. The predicted octanol–water partition coefficient (Wildman–Crippen LogP) is 1.99. The van der Waals surface area contributed by atoms with Crippen molar-refractivity contribution < 1.29 is 0 Å². The van der Waals surface area contributed by atoms with E-state index in [2.05, 4.69) is 6.92 Å². The molecule has 1 unspecified atom stereocenters. The first kappa shape index (κ1) is 9.07. The van der Waals surface area contributed by atoms with Crippen LogP contribution in [0.5, 0.6) is 0 Å². The lowest BCUT2D eigenvalue weighted by atomic mass is 10.0. The van der Waals surface area contributed by atoms with Gasteiger partial charge in [0.2, 0.25) is 0 Å². The van der Waals surface area contributed by atoms with Gasteiger partial charge in [-0.1, -0.05) is 19.1 Å². The van der Waals surface area contributed by atoms with Crippen LogP contribution in [0, 0.1) is 6.92 Å². The Kier molecular flexibility index (Phi) is 2.71. The third-order valence-electron chi connectivity index (χ3n) is 2.17. The summed E-state index contributed by atoms with van der Waals surface area (Å²) in [6, 6.07) is 6.14. The van der Waals surface area contributed by atoms with Crippen molar-refractivity contribution in [1.82, 2.24) is 0 Å². The average Bonchev–Trinajstić information content (AvgIpc) is 2.08. The number of hydrogen-bond acceptors (Lipinski definition) is 2. The molecule has 0 amide bonds. The molecule has 0 spiro atoms. The summed E-state index contributed by atoms with van der Waals surface area (Å²) in [7, 11) is 0. The highest BCUT2D eigenvalue weighted by atomic mass is 14.6. The minimum Gasteiger partial charge on any atom is -0.399 e. The van der Waals surface area contributed by atoms with Crippen molar-refractivity contribution >= 4 is 5.69 Å². The summed E-state index contributed by atoms with van der Waals surface area (Å²) in [5.41, 5.74) is 14.7. The van der Waals surface area contributed by atoms with Crippen LogP contribution in [0.3, 0.4) is 0 Å². The Morgan fingerprint density at radius 3 is 2.58 bits per heavy atom. The molecule has 1 atom stereocenters. The maximum atomic E-state index is 5.86. The zero-order valence-corrected chi connectivity index (χ0v) is 7.67. The van der Waals surface area contributed by atoms with Gasteiger partial charge in [0.05, 0.1) is 0 Å². The summed E-state index contributed by atoms with van der Waals surface area (Å²) in [6.07, 6.45) is 0.947. The van der Waals surface area contributed by atoms with Crippen LogP contribution in [0.1, 0.15) is 30.5 Å². The van der Waals surface area contributed by atoms with Crippen molar-refractivity contribution in [3.63, 3.8) is 0 Å². The summed E-state index contributed by atoms with van der Waals surface area (Å²) in [6.45, 7) is 4.07. The maximum Gasteiger partial charge on any atom is 0.0347 e. The molecule has 2 nitrogen and oxygen atoms in total. The van der Waals surface area contributed by atoms with Gasteiger partial charge in [0.15, 0.2) is 0 Å². The number of rotatable bonds is 2. The molecular weight excluding hydrogens is 148 g/mol. The molecule has 2 heteroatoms. The Hall–Kier alpha value is -1.02. The van der Waals surface area contributed by atoms with Crippen molar-refractivity contribution in [3.8, 4) is 0 Å². The minimum atomic E-state index is 0.118. The topological polar surface area (TPSA) is 52.0 Å². The third-order valence-corrected chi connectivity index (χ3v) is 2.17. The first-order valence-corrected chi connectivity index (χ1v) is 4.26. The predicted molar refractivity (Wildman–Crippen MR) is 52.8 cm³/mol. The second-order valence-corrected chi connectivity index (χ2v) is 3.13. The normalized spacial score (nSPS) is 12.9. The van der Waals surface area contributed by atoms with Gasteiger partial charge in [0, 0.05) is 11.7 Å². The summed E-state index contributed by atoms with van der Waals surface area (Å²) in [5, 5.41) is 0. The molecular formula is C10H16N2. The lowest BCUT2D eigenvalue weighted by Crippen LogP contribution is -2.09. The molecule has 0 radical (unpaired) electrons. The molecule has 66 valence electrons. The van der Waals surface area contributed by atoms with Gasteiger partial charge >= 0.3 is 0 Å². The van der Waals surface area contributed by atoms with Gasteiger partial charge in [-0.15, -0.1) is 0 Å². The van der Waals surface area contributed by atoms with E-state index in [1.165, 1.54) is 0 Å². The maximum absolute atomic E-state index is 5.86. The molecule has 1 aromatic carbocycles. The number of nitrogen functional groups attached to an aromatic ring is 1. The Balaban J connectivity index is 2.96. The van der Waals surface area contributed by atoms with Crippen molar-refractivity contribution in [2.24, 2.45) is 5.73 Å². The smallest absolute Gasteiger partial charge is 0.0347 e. The van der Waals surface area contributed by atoms with Crippen LogP contribution in [-0.4, -0.2) is 0 Å². The molecule has 1 rings (SSSR count). The van der Waals surface area contributed by atoms with E-state index in [0.717, 1.165) is 23.2 Å². The monoisotopic (exact) mass is 164 g/mol. The van der Waals surface area contributed by atoms with Crippen LogP contribution >= 0.6 is 0 Å². The van der Waals surface area contributed by atoms with Crippen LogP contribution in [0.2, 0.25) is 0 Å². The van der Waals surface area contributed by atoms with Gasteiger partial charge in [-0.05, 0) is 30.5 Å². The van der Waals surface area contributed by atoms with Crippen LogP contribution in [0.4, 0.5) is 5.69 Å². The number of aryl methyl sites for hydroxylation is 1. The van der Waals surface area contributed by atoms with Crippen LogP contribution in [0.25, 0.3) is 0 Å². The highest BCUT2D eigenvalue weighted by Gasteiger charge is 2.03. The fraction of sp³-hybridized carbons (Fsp3) is 0.400. The molecule has 1 aromatic rings. The van der Waals surface area contributed by atoms with E-state index in [4.69, 9.17) is 11.5 Å². The lowest BCUT2D eigenvalue weighted by Gasteiger charge is -2.10. The van der Waals surface area contributed by atoms with Gasteiger partial charge in [-0.2, -0.15) is 0 Å². The number of anilines is 1. The largest absolute Gasteiger partial charge is 0.399 e. The lowest BCUT2D eigenvalue weighted by molar-refractivity contribution is 0.699. The number of benzene rings is 1. The van der Waals surface area contributed by atoms with E-state index in [-0.39, 0.29) is 6.04 Å². The van der Waals surface area contributed by atoms with Crippen LogP contribution in [0.15, 0.2) is 18.2 Å². The van der Waals surface area contributed by atoms with E-state index in [0.29, 0.717) is 0 Å². The van der Waals surface area contributed by atoms with Gasteiger partial charge in [0.1, 0.15) is 0 Å². The molecule has 4 N–H and O–H groups in total. The SMILES string of the molecule is CCC(N)c1ccc(C)c(N)c1. The summed E-state index contributed by atoms with van der Waals surface area (Å²) in [4.78, 5) is 0. The Morgan fingerprint density at radius 2 is 2.08 bits per heavy atom. The zero-order chi connectivity index (χ0) is 9.14. The molecule has 0 saturated heterocycles. The van der Waals surface area contributed by atoms with Crippen molar-refractivity contribution in [1.29, 1.82) is 0 Å². The molecule has 0 aliphatic rings. The highest BCUT2D eigenvalue weighted by molar-refractivity contribution is 5.48. The first-order valence-electron chi connectivity index (χ1n) is 4.26. The van der Waals surface area contributed by atoms with E-state index in [9.17, 15) is 0 Å². The van der Waals surface area contributed by atoms with Crippen molar-refractivity contribution in [2.45, 2.75) is 26.3 Å². The van der Waals surface area contributed by atoms with Gasteiger partial charge in [0.25, 0.3) is 0 Å². The molecule has 0 fully saturated rings. The van der Waals surface area contributed by atoms with Crippen LogP contribution < -0.4 is 11.5 Å². The van der Waals surface area contributed by atoms with Gasteiger partial charge < -0.3 is 11.5 Å². The number of nitrogens with two attached hydrogens (primary N) is 2. The van der Waals surface area contributed by atoms with E-state index < -0.39 is 0 Å². The average molecular weight is 164 g/mol. The van der Waals surface area contributed by atoms with E-state index >= 15 is 0 Å². The van der Waals surface area contributed by atoms with Crippen molar-refractivity contribution in [3.05, 3.63) is 29.3 Å². The zero-order valence-electron chi connectivity index (χ0n) is 7.67. The first-order chi connectivity index (χ1) is 5.65. The Morgan fingerprint density at radius 1 is 1.42 bits per heavy atom. The second-order valence-electron chi connectivity index (χ2n) is 3.13. The molecule has 0 heterocycles. The van der Waals surface area contributed by atoms with Crippen LogP contribution in [-0.2, 0) is 0 Å². The second kappa shape index (κ2) is 3.59. The standard InChI is InChI=1S/C10H16N2/c1-3-9(11)8-5-4-7(2)10(12)6-8/h4-6,9H,3,11-12H2,1-2H3. The molecule has 0 aromatic heterocycles. The third kappa shape index (κ3) is 1.77. The summed E-state index contributed by atoms with van der Waals surface area (Å²) >= 11 is 0. The summed E-state index contributed by atoms with van der Waals surface area (Å²) in [5.74, 6) is 0. The molecule has 0 bridgehead atoms. The molecule has 0 aliphatic carbocycles. The van der Waals surface area contributed by atoms with E-state index in [1.807, 2.05) is 25.1 Å². The fourth-order valence-corrected chi connectivity index (χ4v) is 1.13.